The fourth-order valence-electron chi connectivity index (χ4n) is 4.72. The van der Waals surface area contributed by atoms with Crippen LogP contribution in [0.5, 0.6) is 11.8 Å². The lowest BCUT2D eigenvalue weighted by Gasteiger charge is -2.37. The molecule has 0 unspecified atom stereocenters. The average molecular weight is 353 g/mol. The second-order valence-corrected chi connectivity index (χ2v) is 6.91. The van der Waals surface area contributed by atoms with Crippen LogP contribution in [0.1, 0.15) is 27.9 Å². The quantitative estimate of drug-likeness (QED) is 0.436. The topological polar surface area (TPSA) is 89.7 Å². The lowest BCUT2D eigenvalue weighted by molar-refractivity contribution is 0.403. The first kappa shape index (κ1) is 14.5. The number of fused-ring (bicyclic) bond motifs is 9. The number of rotatable bonds is 0. The summed E-state index contributed by atoms with van der Waals surface area (Å²) in [4.78, 5) is 8.69. The highest BCUT2D eigenvalue weighted by atomic mass is 16.5. The van der Waals surface area contributed by atoms with Gasteiger partial charge in [0, 0.05) is 5.69 Å². The van der Waals surface area contributed by atoms with Gasteiger partial charge in [0.1, 0.15) is 12.1 Å². The van der Waals surface area contributed by atoms with Crippen molar-refractivity contribution in [3.8, 4) is 22.9 Å². The molecule has 6 nitrogen and oxygen atoms in total. The number of benzene rings is 2. The molecule has 1 spiro atoms. The Morgan fingerprint density at radius 3 is 2.26 bits per heavy atom. The zero-order valence-electron chi connectivity index (χ0n) is 14.5. The number of hydrogen-bond acceptors (Lipinski definition) is 5. The molecule has 0 fully saturated rings. The molecule has 3 N–H and O–H groups in total. The maximum Gasteiger partial charge on any atom is 0.244 e. The molecule has 6 rings (SSSR count). The standard InChI is InChI=1S/C21H15N5O/c1-11-16-20(26-25-11)27-19-17(18(22)23-10-24-19)21(16)14-8-4-2-6-12(14)13-7-3-5-9-15(13)21/h2-10H,1H3,(H,25,26)(H2,22,23,24). The molecule has 0 bridgehead atoms. The Balaban J connectivity index is 1.90. The van der Waals surface area contributed by atoms with Gasteiger partial charge in [-0.05, 0) is 29.2 Å². The second-order valence-electron chi connectivity index (χ2n) is 6.91. The molecule has 2 aromatic carbocycles. The van der Waals surface area contributed by atoms with Crippen LogP contribution >= 0.6 is 0 Å². The van der Waals surface area contributed by atoms with Crippen LogP contribution in [-0.4, -0.2) is 20.2 Å². The van der Waals surface area contributed by atoms with Gasteiger partial charge in [0.05, 0.1) is 16.5 Å². The molecule has 130 valence electrons. The summed E-state index contributed by atoms with van der Waals surface area (Å²) < 4.78 is 6.02. The van der Waals surface area contributed by atoms with Gasteiger partial charge < -0.3 is 10.5 Å². The Morgan fingerprint density at radius 2 is 1.56 bits per heavy atom. The summed E-state index contributed by atoms with van der Waals surface area (Å²) in [5, 5.41) is 7.48. The van der Waals surface area contributed by atoms with Gasteiger partial charge in [-0.1, -0.05) is 48.5 Å². The van der Waals surface area contributed by atoms with Crippen LogP contribution in [0.25, 0.3) is 11.1 Å². The van der Waals surface area contributed by atoms with E-state index in [1.807, 2.05) is 6.92 Å². The molecule has 27 heavy (non-hydrogen) atoms. The third-order valence-corrected chi connectivity index (χ3v) is 5.65. The summed E-state index contributed by atoms with van der Waals surface area (Å²) in [6.45, 7) is 2.01. The van der Waals surface area contributed by atoms with E-state index in [1.54, 1.807) is 0 Å². The van der Waals surface area contributed by atoms with E-state index in [9.17, 15) is 0 Å². The Bertz CT molecular complexity index is 1200. The van der Waals surface area contributed by atoms with Crippen molar-refractivity contribution in [1.82, 2.24) is 20.2 Å². The second kappa shape index (κ2) is 4.73. The maximum atomic E-state index is 6.42. The minimum atomic E-state index is -0.654. The zero-order valence-corrected chi connectivity index (χ0v) is 14.5. The number of anilines is 1. The predicted molar refractivity (Wildman–Crippen MR) is 101 cm³/mol. The number of aromatic nitrogens is 4. The lowest BCUT2D eigenvalue weighted by Crippen LogP contribution is -2.34. The van der Waals surface area contributed by atoms with Crippen molar-refractivity contribution in [3.05, 3.63) is 82.8 Å². The van der Waals surface area contributed by atoms with Crippen LogP contribution in [-0.2, 0) is 5.41 Å². The monoisotopic (exact) mass is 353 g/mol. The number of nitrogens with zero attached hydrogens (tertiary/aromatic N) is 3. The van der Waals surface area contributed by atoms with E-state index in [0.717, 1.165) is 27.9 Å². The largest absolute Gasteiger partial charge is 0.418 e. The molecule has 0 amide bonds. The van der Waals surface area contributed by atoms with E-state index in [-0.39, 0.29) is 0 Å². The normalized spacial score (nSPS) is 14.9. The smallest absolute Gasteiger partial charge is 0.244 e. The minimum absolute atomic E-state index is 0.415. The summed E-state index contributed by atoms with van der Waals surface area (Å²) in [6, 6.07) is 16.8. The van der Waals surface area contributed by atoms with Crippen molar-refractivity contribution in [2.75, 3.05) is 5.73 Å². The van der Waals surface area contributed by atoms with Crippen LogP contribution < -0.4 is 10.5 Å². The van der Waals surface area contributed by atoms with Gasteiger partial charge >= 0.3 is 0 Å². The fraction of sp³-hybridized carbons (Fsp3) is 0.0952. The molecular formula is C21H15N5O. The molecule has 3 heterocycles. The molecule has 1 aliphatic carbocycles. The van der Waals surface area contributed by atoms with Crippen molar-refractivity contribution in [3.63, 3.8) is 0 Å². The fourth-order valence-corrected chi connectivity index (χ4v) is 4.72. The van der Waals surface area contributed by atoms with Gasteiger partial charge in [-0.2, -0.15) is 0 Å². The number of aromatic amines is 1. The van der Waals surface area contributed by atoms with E-state index >= 15 is 0 Å². The Morgan fingerprint density at radius 1 is 0.889 bits per heavy atom. The van der Waals surface area contributed by atoms with Crippen LogP contribution in [0.4, 0.5) is 5.82 Å². The molecule has 2 aromatic heterocycles. The number of nitrogens with one attached hydrogen (secondary N) is 1. The summed E-state index contributed by atoms with van der Waals surface area (Å²) in [5.41, 5.74) is 13.1. The third-order valence-electron chi connectivity index (χ3n) is 5.65. The maximum absolute atomic E-state index is 6.42. The number of hydrogen-bond donors (Lipinski definition) is 2. The van der Waals surface area contributed by atoms with E-state index in [0.29, 0.717) is 17.6 Å². The van der Waals surface area contributed by atoms with Crippen molar-refractivity contribution in [1.29, 1.82) is 0 Å². The van der Waals surface area contributed by atoms with Gasteiger partial charge in [0.2, 0.25) is 11.8 Å². The summed E-state index contributed by atoms with van der Waals surface area (Å²) in [7, 11) is 0. The zero-order chi connectivity index (χ0) is 18.2. The van der Waals surface area contributed by atoms with Crippen molar-refractivity contribution >= 4 is 5.82 Å². The number of nitrogens with two attached hydrogens (primary N) is 1. The molecule has 0 atom stereocenters. The van der Waals surface area contributed by atoms with E-state index in [4.69, 9.17) is 10.5 Å². The van der Waals surface area contributed by atoms with Crippen molar-refractivity contribution in [2.45, 2.75) is 12.3 Å². The Kier molecular flexibility index (Phi) is 2.54. The molecule has 0 saturated carbocycles. The number of H-pyrrole nitrogens is 1. The number of aryl methyl sites for hydroxylation is 1. The predicted octanol–water partition coefficient (Wildman–Crippen LogP) is 3.56. The number of ether oxygens (including phenoxy) is 1. The average Bonchev–Trinajstić information content (AvgIpc) is 3.20. The van der Waals surface area contributed by atoms with Gasteiger partial charge in [-0.25, -0.2) is 9.97 Å². The summed E-state index contributed by atoms with van der Waals surface area (Å²) in [6.07, 6.45) is 1.43. The van der Waals surface area contributed by atoms with Crippen molar-refractivity contribution < 1.29 is 4.74 Å². The van der Waals surface area contributed by atoms with Gasteiger partial charge in [0.15, 0.2) is 0 Å². The summed E-state index contributed by atoms with van der Waals surface area (Å²) in [5.74, 6) is 1.40. The van der Waals surface area contributed by atoms with Gasteiger partial charge in [-0.3, -0.25) is 5.10 Å². The molecule has 4 aromatic rings. The van der Waals surface area contributed by atoms with Gasteiger partial charge in [0.25, 0.3) is 0 Å². The highest BCUT2D eigenvalue weighted by Crippen LogP contribution is 2.62. The van der Waals surface area contributed by atoms with E-state index in [2.05, 4.69) is 68.7 Å². The SMILES string of the molecule is Cc1[nH]nc2c1C1(c3ccccc3-c3ccccc31)c1c(N)ncnc1O2. The molecule has 6 heteroatoms. The lowest BCUT2D eigenvalue weighted by atomic mass is 9.67. The third kappa shape index (κ3) is 1.54. The first-order chi connectivity index (χ1) is 13.2. The van der Waals surface area contributed by atoms with E-state index in [1.165, 1.54) is 17.5 Å². The first-order valence-corrected chi connectivity index (χ1v) is 8.76. The Labute approximate surface area is 155 Å². The molecule has 2 aliphatic rings. The molecule has 1 aliphatic heterocycles. The van der Waals surface area contributed by atoms with Crippen LogP contribution in [0.15, 0.2) is 54.9 Å². The van der Waals surface area contributed by atoms with Gasteiger partial charge in [-0.15, -0.1) is 5.10 Å². The van der Waals surface area contributed by atoms with E-state index < -0.39 is 5.41 Å². The van der Waals surface area contributed by atoms with Crippen LogP contribution in [0.2, 0.25) is 0 Å². The highest BCUT2D eigenvalue weighted by Gasteiger charge is 2.54. The molecule has 0 saturated heterocycles. The van der Waals surface area contributed by atoms with Crippen LogP contribution in [0.3, 0.4) is 0 Å². The van der Waals surface area contributed by atoms with Crippen LogP contribution in [0, 0.1) is 6.92 Å². The first-order valence-electron chi connectivity index (χ1n) is 8.76. The highest BCUT2D eigenvalue weighted by molar-refractivity contribution is 5.89. The minimum Gasteiger partial charge on any atom is -0.418 e. The summed E-state index contributed by atoms with van der Waals surface area (Å²) >= 11 is 0. The molecule has 0 radical (unpaired) electrons. The van der Waals surface area contributed by atoms with Crippen molar-refractivity contribution in [2.24, 2.45) is 0 Å². The molecular weight excluding hydrogens is 338 g/mol. The number of nitrogen functional groups attached to an aromatic ring is 1. The Hall–Kier alpha value is -3.67.